The number of amides is 2. The van der Waals surface area contributed by atoms with Gasteiger partial charge in [0.1, 0.15) is 5.75 Å². The molecule has 1 rings (SSSR count). The lowest BCUT2D eigenvalue weighted by atomic mass is 10.1. The van der Waals surface area contributed by atoms with Crippen molar-refractivity contribution in [2.75, 3.05) is 12.4 Å². The van der Waals surface area contributed by atoms with Gasteiger partial charge in [-0.2, -0.15) is 0 Å². The lowest BCUT2D eigenvalue weighted by Gasteiger charge is -2.12. The molecule has 1 aromatic carbocycles. The quantitative estimate of drug-likeness (QED) is 0.854. The highest BCUT2D eigenvalue weighted by molar-refractivity contribution is 5.90. The number of hydrogen-bond donors (Lipinski definition) is 2. The number of anilines is 1. The molecule has 5 heteroatoms. The summed E-state index contributed by atoms with van der Waals surface area (Å²) in [6.07, 6.45) is 0. The van der Waals surface area contributed by atoms with Crippen LogP contribution in [0, 0.1) is 5.92 Å². The average molecular weight is 264 g/mol. The van der Waals surface area contributed by atoms with Crippen molar-refractivity contribution in [3.05, 3.63) is 23.8 Å². The molecule has 104 valence electrons. The largest absolute Gasteiger partial charge is 0.495 e. The Hall–Kier alpha value is -2.04. The molecular formula is C14H20N2O3. The highest BCUT2D eigenvalue weighted by Crippen LogP contribution is 2.25. The van der Waals surface area contributed by atoms with Gasteiger partial charge in [-0.25, -0.2) is 0 Å². The third-order valence-electron chi connectivity index (χ3n) is 2.57. The molecule has 0 heterocycles. The second-order valence-corrected chi connectivity index (χ2v) is 4.59. The van der Waals surface area contributed by atoms with E-state index in [-0.39, 0.29) is 17.7 Å². The van der Waals surface area contributed by atoms with Crippen molar-refractivity contribution in [1.82, 2.24) is 5.32 Å². The fraction of sp³-hybridized carbons (Fsp3) is 0.429. The van der Waals surface area contributed by atoms with Gasteiger partial charge in [-0.3, -0.25) is 9.59 Å². The van der Waals surface area contributed by atoms with E-state index >= 15 is 0 Å². The number of benzene rings is 1. The van der Waals surface area contributed by atoms with Gasteiger partial charge in [0.25, 0.3) is 0 Å². The van der Waals surface area contributed by atoms with E-state index in [9.17, 15) is 9.59 Å². The van der Waals surface area contributed by atoms with Crippen LogP contribution in [0.25, 0.3) is 0 Å². The van der Waals surface area contributed by atoms with Crippen molar-refractivity contribution < 1.29 is 14.3 Å². The molecule has 0 bridgehead atoms. The van der Waals surface area contributed by atoms with Crippen molar-refractivity contribution in [2.24, 2.45) is 5.92 Å². The molecule has 0 aliphatic rings. The topological polar surface area (TPSA) is 67.4 Å². The van der Waals surface area contributed by atoms with Gasteiger partial charge in [0.2, 0.25) is 11.8 Å². The smallest absolute Gasteiger partial charge is 0.222 e. The van der Waals surface area contributed by atoms with E-state index in [4.69, 9.17) is 4.74 Å². The lowest BCUT2D eigenvalue weighted by molar-refractivity contribution is -0.124. The molecule has 0 saturated carbocycles. The van der Waals surface area contributed by atoms with Gasteiger partial charge in [0, 0.05) is 19.4 Å². The summed E-state index contributed by atoms with van der Waals surface area (Å²) in [5.41, 5.74) is 1.50. The zero-order valence-electron chi connectivity index (χ0n) is 11.7. The lowest BCUT2D eigenvalue weighted by Crippen LogP contribution is -2.27. The predicted octanol–water partition coefficient (Wildman–Crippen LogP) is 1.93. The van der Waals surface area contributed by atoms with E-state index in [1.807, 2.05) is 19.9 Å². The van der Waals surface area contributed by atoms with E-state index < -0.39 is 0 Å². The van der Waals surface area contributed by atoms with Crippen LogP contribution in [-0.2, 0) is 16.1 Å². The Kier molecular flexibility index (Phi) is 5.36. The predicted molar refractivity (Wildman–Crippen MR) is 74.0 cm³/mol. The molecule has 0 aromatic heterocycles. The number of rotatable bonds is 5. The summed E-state index contributed by atoms with van der Waals surface area (Å²) in [5, 5.41) is 5.52. The standard InChI is InChI=1S/C14H20N2O3/c1-9(2)14(18)15-8-11-5-6-13(19-4)12(7-11)16-10(3)17/h5-7,9H,8H2,1-4H3,(H,15,18)(H,16,17). The maximum atomic E-state index is 11.5. The Morgan fingerprint density at radius 3 is 2.53 bits per heavy atom. The molecule has 5 nitrogen and oxygen atoms in total. The molecular weight excluding hydrogens is 244 g/mol. The van der Waals surface area contributed by atoms with Crippen LogP contribution in [0.4, 0.5) is 5.69 Å². The van der Waals surface area contributed by atoms with E-state index in [2.05, 4.69) is 10.6 Å². The minimum atomic E-state index is -0.165. The second kappa shape index (κ2) is 6.78. The Morgan fingerprint density at radius 1 is 1.32 bits per heavy atom. The molecule has 0 aliphatic carbocycles. The molecule has 0 fully saturated rings. The molecule has 2 amide bonds. The number of hydrogen-bond acceptors (Lipinski definition) is 3. The molecule has 0 aliphatic heterocycles. The minimum absolute atomic E-state index is 0.00287. The zero-order valence-corrected chi connectivity index (χ0v) is 11.7. The van der Waals surface area contributed by atoms with Gasteiger partial charge >= 0.3 is 0 Å². The number of ether oxygens (including phenoxy) is 1. The number of methoxy groups -OCH3 is 1. The second-order valence-electron chi connectivity index (χ2n) is 4.59. The summed E-state index contributed by atoms with van der Waals surface area (Å²) in [6.45, 7) is 5.54. The molecule has 19 heavy (non-hydrogen) atoms. The molecule has 0 spiro atoms. The summed E-state index contributed by atoms with van der Waals surface area (Å²) in [7, 11) is 1.54. The Morgan fingerprint density at radius 2 is 2.00 bits per heavy atom. The van der Waals surface area contributed by atoms with Crippen LogP contribution >= 0.6 is 0 Å². The Balaban J connectivity index is 2.80. The third-order valence-corrected chi connectivity index (χ3v) is 2.57. The summed E-state index contributed by atoms with van der Waals surface area (Å²) in [5.74, 6) is 0.376. The molecule has 0 atom stereocenters. The first-order chi connectivity index (χ1) is 8.93. The number of carbonyl (C=O) groups excluding carboxylic acids is 2. The first-order valence-corrected chi connectivity index (χ1v) is 6.16. The Labute approximate surface area is 113 Å². The van der Waals surface area contributed by atoms with Gasteiger partial charge in [0.15, 0.2) is 0 Å². The monoisotopic (exact) mass is 264 g/mol. The minimum Gasteiger partial charge on any atom is -0.495 e. The van der Waals surface area contributed by atoms with Crippen LogP contribution in [0.2, 0.25) is 0 Å². The first-order valence-electron chi connectivity index (χ1n) is 6.16. The SMILES string of the molecule is COc1ccc(CNC(=O)C(C)C)cc1NC(C)=O. The van der Waals surface area contributed by atoms with Gasteiger partial charge in [-0.1, -0.05) is 19.9 Å². The maximum Gasteiger partial charge on any atom is 0.222 e. The van der Waals surface area contributed by atoms with Gasteiger partial charge < -0.3 is 15.4 Å². The maximum absolute atomic E-state index is 11.5. The van der Waals surface area contributed by atoms with Crippen LogP contribution in [-0.4, -0.2) is 18.9 Å². The summed E-state index contributed by atoms with van der Waals surface area (Å²) < 4.78 is 5.16. The summed E-state index contributed by atoms with van der Waals surface area (Å²) in [4.78, 5) is 22.6. The molecule has 0 unspecified atom stereocenters. The first kappa shape index (κ1) is 15.0. The normalized spacial score (nSPS) is 10.2. The fourth-order valence-electron chi connectivity index (χ4n) is 1.55. The highest BCUT2D eigenvalue weighted by Gasteiger charge is 2.08. The van der Waals surface area contributed by atoms with Crippen LogP contribution in [0.1, 0.15) is 26.3 Å². The molecule has 0 saturated heterocycles. The van der Waals surface area contributed by atoms with E-state index in [1.54, 1.807) is 19.2 Å². The van der Waals surface area contributed by atoms with Crippen LogP contribution in [0.15, 0.2) is 18.2 Å². The van der Waals surface area contributed by atoms with Crippen molar-refractivity contribution in [3.8, 4) is 5.75 Å². The Bertz CT molecular complexity index is 470. The molecule has 1 aromatic rings. The highest BCUT2D eigenvalue weighted by atomic mass is 16.5. The van der Waals surface area contributed by atoms with Gasteiger partial charge in [-0.15, -0.1) is 0 Å². The number of carbonyl (C=O) groups is 2. The van der Waals surface area contributed by atoms with E-state index in [1.165, 1.54) is 6.92 Å². The van der Waals surface area contributed by atoms with E-state index in [0.717, 1.165) is 5.56 Å². The third kappa shape index (κ3) is 4.62. The van der Waals surface area contributed by atoms with Crippen LogP contribution in [0.5, 0.6) is 5.75 Å². The zero-order chi connectivity index (χ0) is 14.4. The van der Waals surface area contributed by atoms with Crippen LogP contribution in [0.3, 0.4) is 0 Å². The van der Waals surface area contributed by atoms with Crippen molar-refractivity contribution in [3.63, 3.8) is 0 Å². The molecule has 0 radical (unpaired) electrons. The van der Waals surface area contributed by atoms with Crippen molar-refractivity contribution >= 4 is 17.5 Å². The van der Waals surface area contributed by atoms with E-state index in [0.29, 0.717) is 18.0 Å². The number of nitrogens with one attached hydrogen (secondary N) is 2. The van der Waals surface area contributed by atoms with Crippen LogP contribution < -0.4 is 15.4 Å². The molecule has 2 N–H and O–H groups in total. The van der Waals surface area contributed by atoms with Gasteiger partial charge in [0.05, 0.1) is 12.8 Å². The summed E-state index contributed by atoms with van der Waals surface area (Å²) >= 11 is 0. The fourth-order valence-corrected chi connectivity index (χ4v) is 1.55. The van der Waals surface area contributed by atoms with Gasteiger partial charge in [-0.05, 0) is 17.7 Å². The van der Waals surface area contributed by atoms with Crippen molar-refractivity contribution in [1.29, 1.82) is 0 Å². The summed E-state index contributed by atoms with van der Waals surface area (Å²) in [6, 6.07) is 5.41. The average Bonchev–Trinajstić information content (AvgIpc) is 2.35. The van der Waals surface area contributed by atoms with Crippen molar-refractivity contribution in [2.45, 2.75) is 27.3 Å².